The van der Waals surface area contributed by atoms with Crippen LogP contribution < -0.4 is 5.32 Å². The van der Waals surface area contributed by atoms with Crippen LogP contribution in [-0.4, -0.2) is 46.3 Å². The summed E-state index contributed by atoms with van der Waals surface area (Å²) in [6.45, 7) is 4.65. The van der Waals surface area contributed by atoms with Crippen LogP contribution in [0.2, 0.25) is 0 Å². The first kappa shape index (κ1) is 13.7. The molecule has 5 heteroatoms. The van der Waals surface area contributed by atoms with Crippen LogP contribution in [0.25, 0.3) is 0 Å². The Morgan fingerprint density at radius 1 is 1.33 bits per heavy atom. The zero-order valence-electron chi connectivity index (χ0n) is 11.1. The Bertz CT molecular complexity index is 329. The summed E-state index contributed by atoms with van der Waals surface area (Å²) in [5.74, 6) is 1.32. The SMILES string of the molecule is CCC1NC(=O)C(CC)N(CC2CCCS2)C1=O. The molecule has 4 nitrogen and oxygen atoms in total. The molecule has 2 heterocycles. The molecule has 2 fully saturated rings. The van der Waals surface area contributed by atoms with Crippen molar-refractivity contribution in [2.24, 2.45) is 0 Å². The van der Waals surface area contributed by atoms with Gasteiger partial charge in [-0.25, -0.2) is 0 Å². The number of rotatable bonds is 4. The maximum Gasteiger partial charge on any atom is 0.245 e. The van der Waals surface area contributed by atoms with Gasteiger partial charge in [0, 0.05) is 11.8 Å². The van der Waals surface area contributed by atoms with E-state index in [0.29, 0.717) is 18.1 Å². The molecule has 2 saturated heterocycles. The van der Waals surface area contributed by atoms with Crippen molar-refractivity contribution in [1.29, 1.82) is 0 Å². The zero-order valence-corrected chi connectivity index (χ0v) is 12.0. The highest BCUT2D eigenvalue weighted by Gasteiger charge is 2.39. The first-order valence-electron chi connectivity index (χ1n) is 6.89. The number of hydrogen-bond acceptors (Lipinski definition) is 3. The van der Waals surface area contributed by atoms with Gasteiger partial charge in [-0.3, -0.25) is 9.59 Å². The van der Waals surface area contributed by atoms with Crippen LogP contribution in [0.5, 0.6) is 0 Å². The molecule has 0 aromatic carbocycles. The van der Waals surface area contributed by atoms with Crippen molar-refractivity contribution < 1.29 is 9.59 Å². The highest BCUT2D eigenvalue weighted by atomic mass is 32.2. The average Bonchev–Trinajstić information content (AvgIpc) is 2.86. The Labute approximate surface area is 113 Å². The Balaban J connectivity index is 2.09. The normalized spacial score (nSPS) is 32.8. The molecule has 0 saturated carbocycles. The minimum absolute atomic E-state index is 0.0203. The Hall–Kier alpha value is -0.710. The van der Waals surface area contributed by atoms with E-state index < -0.39 is 0 Å². The molecule has 2 rings (SSSR count). The van der Waals surface area contributed by atoms with E-state index in [0.717, 1.165) is 6.54 Å². The van der Waals surface area contributed by atoms with Gasteiger partial charge >= 0.3 is 0 Å². The van der Waals surface area contributed by atoms with Gasteiger partial charge in [0.25, 0.3) is 0 Å². The Morgan fingerprint density at radius 3 is 2.67 bits per heavy atom. The van der Waals surface area contributed by atoms with Crippen LogP contribution in [0.4, 0.5) is 0 Å². The third-order valence-corrected chi connectivity index (χ3v) is 5.18. The molecule has 3 atom stereocenters. The molecule has 3 unspecified atom stereocenters. The quantitative estimate of drug-likeness (QED) is 0.840. The fourth-order valence-corrected chi connectivity index (χ4v) is 4.00. The first-order valence-corrected chi connectivity index (χ1v) is 7.94. The predicted molar refractivity (Wildman–Crippen MR) is 73.5 cm³/mol. The van der Waals surface area contributed by atoms with Crippen LogP contribution in [0.3, 0.4) is 0 Å². The Kier molecular flexibility index (Phi) is 4.54. The summed E-state index contributed by atoms with van der Waals surface area (Å²) >= 11 is 1.94. The molecule has 0 aromatic heterocycles. The summed E-state index contributed by atoms with van der Waals surface area (Å²) in [4.78, 5) is 26.2. The Morgan fingerprint density at radius 2 is 2.11 bits per heavy atom. The molecule has 2 aliphatic heterocycles. The van der Waals surface area contributed by atoms with Gasteiger partial charge in [0.2, 0.25) is 11.8 Å². The molecule has 0 aliphatic carbocycles. The van der Waals surface area contributed by atoms with Gasteiger partial charge in [0.1, 0.15) is 12.1 Å². The fraction of sp³-hybridized carbons (Fsp3) is 0.846. The average molecular weight is 270 g/mol. The monoisotopic (exact) mass is 270 g/mol. The van der Waals surface area contributed by atoms with Crippen molar-refractivity contribution >= 4 is 23.6 Å². The van der Waals surface area contributed by atoms with Gasteiger partial charge in [-0.1, -0.05) is 13.8 Å². The first-order chi connectivity index (χ1) is 8.67. The van der Waals surface area contributed by atoms with E-state index in [-0.39, 0.29) is 23.9 Å². The van der Waals surface area contributed by atoms with E-state index in [4.69, 9.17) is 0 Å². The summed E-state index contributed by atoms with van der Waals surface area (Å²) in [7, 11) is 0. The van der Waals surface area contributed by atoms with Crippen molar-refractivity contribution in [2.75, 3.05) is 12.3 Å². The highest BCUT2D eigenvalue weighted by molar-refractivity contribution is 8.00. The number of nitrogens with one attached hydrogen (secondary N) is 1. The molecule has 0 spiro atoms. The van der Waals surface area contributed by atoms with E-state index in [1.54, 1.807) is 0 Å². The third-order valence-electron chi connectivity index (χ3n) is 3.80. The lowest BCUT2D eigenvalue weighted by Crippen LogP contribution is -2.63. The molecular formula is C13H22N2O2S. The maximum atomic E-state index is 12.4. The standard InChI is InChI=1S/C13H22N2O2S/c1-3-10-13(17)15(8-9-6-5-7-18-9)11(4-2)12(16)14-10/h9-11H,3-8H2,1-2H3,(H,14,16). The van der Waals surface area contributed by atoms with Gasteiger partial charge in [0.15, 0.2) is 0 Å². The van der Waals surface area contributed by atoms with E-state index in [9.17, 15) is 9.59 Å². The minimum Gasteiger partial charge on any atom is -0.343 e. The molecule has 0 aromatic rings. The van der Waals surface area contributed by atoms with E-state index in [1.807, 2.05) is 30.5 Å². The highest BCUT2D eigenvalue weighted by Crippen LogP contribution is 2.28. The maximum absolute atomic E-state index is 12.4. The lowest BCUT2D eigenvalue weighted by atomic mass is 10.0. The number of nitrogens with zero attached hydrogens (tertiary/aromatic N) is 1. The molecule has 0 radical (unpaired) electrons. The van der Waals surface area contributed by atoms with Gasteiger partial charge in [-0.05, 0) is 31.4 Å². The van der Waals surface area contributed by atoms with Gasteiger partial charge < -0.3 is 10.2 Å². The van der Waals surface area contributed by atoms with Crippen molar-refractivity contribution in [3.05, 3.63) is 0 Å². The predicted octanol–water partition coefficient (Wildman–Crippen LogP) is 1.40. The third kappa shape index (κ3) is 2.66. The smallest absolute Gasteiger partial charge is 0.245 e. The summed E-state index contributed by atoms with van der Waals surface area (Å²) < 4.78 is 0. The minimum atomic E-state index is -0.313. The number of amides is 2. The van der Waals surface area contributed by atoms with Crippen LogP contribution >= 0.6 is 11.8 Å². The van der Waals surface area contributed by atoms with E-state index >= 15 is 0 Å². The van der Waals surface area contributed by atoms with Gasteiger partial charge in [-0.2, -0.15) is 11.8 Å². The number of hydrogen-bond donors (Lipinski definition) is 1. The van der Waals surface area contributed by atoms with Crippen molar-refractivity contribution in [1.82, 2.24) is 10.2 Å². The van der Waals surface area contributed by atoms with Crippen LogP contribution in [0.15, 0.2) is 0 Å². The molecule has 2 amide bonds. The second-order valence-electron chi connectivity index (χ2n) is 5.02. The second kappa shape index (κ2) is 5.95. The fourth-order valence-electron chi connectivity index (χ4n) is 2.73. The van der Waals surface area contributed by atoms with E-state index in [2.05, 4.69) is 5.32 Å². The van der Waals surface area contributed by atoms with Crippen molar-refractivity contribution in [3.63, 3.8) is 0 Å². The molecule has 102 valence electrons. The molecule has 18 heavy (non-hydrogen) atoms. The number of thioether (sulfide) groups is 1. The van der Waals surface area contributed by atoms with Crippen LogP contribution in [-0.2, 0) is 9.59 Å². The molecule has 0 bridgehead atoms. The lowest BCUT2D eigenvalue weighted by molar-refractivity contribution is -0.149. The largest absolute Gasteiger partial charge is 0.343 e. The summed E-state index contributed by atoms with van der Waals surface area (Å²) in [6, 6.07) is -0.576. The van der Waals surface area contributed by atoms with Crippen molar-refractivity contribution in [2.45, 2.75) is 56.9 Å². The van der Waals surface area contributed by atoms with Gasteiger partial charge in [0.05, 0.1) is 0 Å². The molecular weight excluding hydrogens is 248 g/mol. The number of carbonyl (C=O) groups is 2. The number of carbonyl (C=O) groups excluding carboxylic acids is 2. The summed E-state index contributed by atoms with van der Waals surface area (Å²) in [6.07, 6.45) is 3.78. The topological polar surface area (TPSA) is 49.4 Å². The van der Waals surface area contributed by atoms with Crippen LogP contribution in [0.1, 0.15) is 39.5 Å². The molecule has 2 aliphatic rings. The van der Waals surface area contributed by atoms with Crippen molar-refractivity contribution in [3.8, 4) is 0 Å². The molecule has 1 N–H and O–H groups in total. The lowest BCUT2D eigenvalue weighted by Gasteiger charge is -2.39. The summed E-state index contributed by atoms with van der Waals surface area (Å²) in [5.41, 5.74) is 0. The zero-order chi connectivity index (χ0) is 13.1. The number of piperazine rings is 1. The van der Waals surface area contributed by atoms with Gasteiger partial charge in [-0.15, -0.1) is 0 Å². The van der Waals surface area contributed by atoms with E-state index in [1.165, 1.54) is 18.6 Å². The summed E-state index contributed by atoms with van der Waals surface area (Å²) in [5, 5.41) is 3.35. The van der Waals surface area contributed by atoms with Crippen LogP contribution in [0, 0.1) is 0 Å². The second-order valence-corrected chi connectivity index (χ2v) is 6.43.